The summed E-state index contributed by atoms with van der Waals surface area (Å²) in [5, 5.41) is 14.9. The maximum atomic E-state index is 15.3. The Morgan fingerprint density at radius 2 is 1.95 bits per heavy atom. The molecular formula is C29H22ClFN8O2. The Morgan fingerprint density at radius 3 is 2.78 bits per heavy atom. The zero-order valence-corrected chi connectivity index (χ0v) is 22.4. The number of hydrogen-bond acceptors (Lipinski definition) is 6. The molecule has 1 amide bonds. The third-order valence-electron chi connectivity index (χ3n) is 8.45. The minimum atomic E-state index is -0.617. The molecule has 2 aromatic carbocycles. The third-order valence-corrected chi connectivity index (χ3v) is 8.69. The molecule has 5 heterocycles. The molecule has 0 bridgehead atoms. The molecule has 3 aromatic heterocycles. The normalized spacial score (nSPS) is 22.2. The van der Waals surface area contributed by atoms with E-state index >= 15 is 4.39 Å². The van der Waals surface area contributed by atoms with E-state index in [1.165, 1.54) is 11.0 Å². The van der Waals surface area contributed by atoms with Crippen molar-refractivity contribution in [2.75, 3.05) is 5.32 Å². The summed E-state index contributed by atoms with van der Waals surface area (Å²) in [5.74, 6) is -0.0459. The van der Waals surface area contributed by atoms with Crippen LogP contribution in [0.3, 0.4) is 0 Å². The van der Waals surface area contributed by atoms with E-state index < -0.39 is 12.0 Å². The summed E-state index contributed by atoms with van der Waals surface area (Å²) in [6, 6.07) is 14.0. The predicted molar refractivity (Wildman–Crippen MR) is 148 cm³/mol. The van der Waals surface area contributed by atoms with E-state index in [1.54, 1.807) is 34.9 Å². The number of rotatable bonds is 4. The summed E-state index contributed by atoms with van der Waals surface area (Å²) in [4.78, 5) is 33.1. The number of carbonyl (C=O) groups is 1. The lowest BCUT2D eigenvalue weighted by Gasteiger charge is -2.22. The highest BCUT2D eigenvalue weighted by molar-refractivity contribution is 6.31. The van der Waals surface area contributed by atoms with Crippen LogP contribution < -0.4 is 10.9 Å². The predicted octanol–water partition coefficient (Wildman–Crippen LogP) is 4.51. The van der Waals surface area contributed by atoms with Crippen LogP contribution in [0.15, 0.2) is 59.7 Å². The van der Waals surface area contributed by atoms with Crippen LogP contribution in [0.5, 0.6) is 0 Å². The van der Waals surface area contributed by atoms with Gasteiger partial charge in [-0.25, -0.2) is 4.98 Å². The van der Waals surface area contributed by atoms with Crippen LogP contribution in [0, 0.1) is 17.8 Å². The van der Waals surface area contributed by atoms with Crippen molar-refractivity contribution in [3.63, 3.8) is 0 Å². The Hall–Kier alpha value is -4.64. The molecule has 1 aliphatic carbocycles. The molecule has 4 atom stereocenters. The largest absolute Gasteiger partial charge is 0.338 e. The lowest BCUT2D eigenvalue weighted by molar-refractivity contribution is -0.119. The summed E-state index contributed by atoms with van der Waals surface area (Å²) in [5.41, 5.74) is 5.44. The van der Waals surface area contributed by atoms with Crippen molar-refractivity contribution in [3.05, 3.63) is 93.3 Å². The maximum Gasteiger partial charge on any atom is 0.252 e. The monoisotopic (exact) mass is 568 g/mol. The van der Waals surface area contributed by atoms with E-state index in [2.05, 4.69) is 30.8 Å². The van der Waals surface area contributed by atoms with Crippen LogP contribution in [-0.2, 0) is 11.2 Å². The molecule has 8 rings (SSSR count). The molecule has 2 N–H and O–H groups in total. The number of fused-ring (bicyclic) bond motifs is 4. The Morgan fingerprint density at radius 1 is 1.07 bits per heavy atom. The molecular weight excluding hydrogens is 547 g/mol. The SMILES string of the molecule is CC1Cc2cc(-c3[nH]c(C4C5CC5c5cc(-c6cc(Cl)ccc6-n6cnnn6)cc(=O)n54)nc3F)ccc2NC1=O. The van der Waals surface area contributed by atoms with E-state index in [4.69, 9.17) is 11.6 Å². The first-order valence-electron chi connectivity index (χ1n) is 13.3. The van der Waals surface area contributed by atoms with Crippen LogP contribution in [0.1, 0.15) is 42.4 Å². The second-order valence-corrected chi connectivity index (χ2v) is 11.4. The number of carbonyl (C=O) groups excluding carboxylic acids is 1. The van der Waals surface area contributed by atoms with Crippen LogP contribution in [0.4, 0.5) is 10.1 Å². The van der Waals surface area contributed by atoms with Gasteiger partial charge in [-0.1, -0.05) is 24.6 Å². The van der Waals surface area contributed by atoms with Gasteiger partial charge < -0.3 is 14.9 Å². The second-order valence-electron chi connectivity index (χ2n) is 11.0. The lowest BCUT2D eigenvalue weighted by Crippen LogP contribution is -2.27. The topological polar surface area (TPSA) is 123 Å². The number of benzene rings is 2. The van der Waals surface area contributed by atoms with Gasteiger partial charge in [0.25, 0.3) is 5.56 Å². The number of tetrazole rings is 1. The molecule has 4 unspecified atom stereocenters. The summed E-state index contributed by atoms with van der Waals surface area (Å²) in [6.45, 7) is 1.87. The zero-order valence-electron chi connectivity index (χ0n) is 21.7. The van der Waals surface area contributed by atoms with Gasteiger partial charge in [0, 0.05) is 45.4 Å². The van der Waals surface area contributed by atoms with Crippen LogP contribution in [0.2, 0.25) is 5.02 Å². The molecule has 3 aliphatic rings. The molecule has 41 heavy (non-hydrogen) atoms. The number of pyridine rings is 1. The quantitative estimate of drug-likeness (QED) is 0.329. The molecule has 5 aromatic rings. The third kappa shape index (κ3) is 3.76. The lowest BCUT2D eigenvalue weighted by atomic mass is 9.93. The fourth-order valence-corrected chi connectivity index (χ4v) is 6.56. The molecule has 10 nitrogen and oxygen atoms in total. The number of amides is 1. The number of hydrogen-bond donors (Lipinski definition) is 2. The van der Waals surface area contributed by atoms with Gasteiger partial charge in [0.05, 0.1) is 11.7 Å². The van der Waals surface area contributed by atoms with E-state index in [9.17, 15) is 9.59 Å². The van der Waals surface area contributed by atoms with Crippen molar-refractivity contribution in [1.29, 1.82) is 0 Å². The average Bonchev–Trinajstić information content (AvgIpc) is 3.25. The van der Waals surface area contributed by atoms with Crippen molar-refractivity contribution in [1.82, 2.24) is 34.7 Å². The second kappa shape index (κ2) is 8.68. The highest BCUT2D eigenvalue weighted by Crippen LogP contribution is 2.60. The highest BCUT2D eigenvalue weighted by Gasteiger charge is 2.54. The zero-order chi connectivity index (χ0) is 28.0. The molecule has 0 spiro atoms. The first-order chi connectivity index (χ1) is 19.9. The number of imidazole rings is 1. The maximum absolute atomic E-state index is 15.3. The Kier molecular flexibility index (Phi) is 5.12. The van der Waals surface area contributed by atoms with Gasteiger partial charge in [-0.05, 0) is 76.7 Å². The number of halogens is 2. The van der Waals surface area contributed by atoms with E-state index in [0.717, 1.165) is 28.9 Å². The summed E-state index contributed by atoms with van der Waals surface area (Å²) >= 11 is 6.34. The molecule has 1 fully saturated rings. The first kappa shape index (κ1) is 24.2. The number of nitrogens with zero attached hydrogens (tertiary/aromatic N) is 6. The summed E-state index contributed by atoms with van der Waals surface area (Å²) < 4.78 is 18.6. The van der Waals surface area contributed by atoms with Crippen LogP contribution in [-0.4, -0.2) is 40.6 Å². The van der Waals surface area contributed by atoms with Crippen molar-refractivity contribution in [2.45, 2.75) is 31.7 Å². The van der Waals surface area contributed by atoms with Gasteiger partial charge in [-0.3, -0.25) is 9.59 Å². The molecule has 0 saturated heterocycles. The first-order valence-corrected chi connectivity index (χ1v) is 13.7. The number of anilines is 1. The Bertz CT molecular complexity index is 1950. The summed E-state index contributed by atoms with van der Waals surface area (Å²) in [7, 11) is 0. The molecule has 2 aliphatic heterocycles. The average molecular weight is 569 g/mol. The standard InChI is InChI=1S/C29H22ClFN8O2/c1-13-6-16-7-14(2-4-21(16)33-29(13)41)25-27(31)35-28(34-25)26-20-11-19(20)23-8-15(9-24(40)39(23)26)18-10-17(30)3-5-22(18)38-12-32-36-37-38/h2-5,7-10,12-13,19-20,26H,6,11H2,1H3,(H,33,41)(H,34,35). The Labute approximate surface area is 237 Å². The minimum Gasteiger partial charge on any atom is -0.338 e. The molecule has 204 valence electrons. The van der Waals surface area contributed by atoms with Gasteiger partial charge in [0.2, 0.25) is 11.9 Å². The summed E-state index contributed by atoms with van der Waals surface area (Å²) in [6.07, 6.45) is 2.95. The molecule has 1 saturated carbocycles. The van der Waals surface area contributed by atoms with Crippen molar-refractivity contribution < 1.29 is 9.18 Å². The minimum absolute atomic E-state index is 0.0188. The number of H-pyrrole nitrogens is 1. The fraction of sp³-hybridized carbons (Fsp3) is 0.241. The van der Waals surface area contributed by atoms with Gasteiger partial charge >= 0.3 is 0 Å². The van der Waals surface area contributed by atoms with Crippen LogP contribution in [0.25, 0.3) is 28.1 Å². The number of aromatic amines is 1. The van der Waals surface area contributed by atoms with Gasteiger partial charge in [-0.2, -0.15) is 9.07 Å². The van der Waals surface area contributed by atoms with Crippen LogP contribution >= 0.6 is 11.6 Å². The van der Waals surface area contributed by atoms with E-state index in [1.807, 2.05) is 25.1 Å². The molecule has 0 radical (unpaired) electrons. The number of aromatic nitrogens is 7. The van der Waals surface area contributed by atoms with Gasteiger partial charge in [0.1, 0.15) is 17.8 Å². The van der Waals surface area contributed by atoms with E-state index in [-0.39, 0.29) is 34.9 Å². The highest BCUT2D eigenvalue weighted by atomic mass is 35.5. The fourth-order valence-electron chi connectivity index (χ4n) is 6.39. The Balaban J connectivity index is 1.18. The van der Waals surface area contributed by atoms with E-state index in [0.29, 0.717) is 34.1 Å². The number of nitrogens with one attached hydrogen (secondary N) is 2. The molecule has 12 heteroatoms. The van der Waals surface area contributed by atoms with Gasteiger partial charge in [-0.15, -0.1) is 5.10 Å². The smallest absolute Gasteiger partial charge is 0.252 e. The van der Waals surface area contributed by atoms with Crippen molar-refractivity contribution in [3.8, 4) is 28.1 Å². The van der Waals surface area contributed by atoms with Crippen molar-refractivity contribution in [2.24, 2.45) is 11.8 Å². The van der Waals surface area contributed by atoms with Gasteiger partial charge in [0.15, 0.2) is 0 Å². The van der Waals surface area contributed by atoms with Crippen molar-refractivity contribution >= 4 is 23.2 Å².